The van der Waals surface area contributed by atoms with Gasteiger partial charge in [-0.3, -0.25) is 0 Å². The molecule has 0 spiro atoms. The Kier molecular flexibility index (Phi) is 4.02. The lowest BCUT2D eigenvalue weighted by atomic mass is 10.3. The molecule has 0 aliphatic carbocycles. The summed E-state index contributed by atoms with van der Waals surface area (Å²) in [5, 5.41) is 0. The summed E-state index contributed by atoms with van der Waals surface area (Å²) < 4.78 is 10.3. The average Bonchev–Trinajstić information content (AvgIpc) is 2.71. The molecule has 1 aliphatic rings. The maximum Gasteiger partial charge on any atom is 0.104 e. The molecular weight excluding hydrogens is 144 g/mol. The first-order chi connectivity index (χ1) is 4.93. The molecule has 1 heterocycles. The van der Waals surface area contributed by atoms with E-state index in [0.29, 0.717) is 6.10 Å². The van der Waals surface area contributed by atoms with Crippen molar-refractivity contribution in [3.8, 4) is 0 Å². The SMILES string of the molecule is [SiH3]CCCCOCC1CO1. The molecule has 1 fully saturated rings. The average molecular weight is 160 g/mol. The fourth-order valence-corrected chi connectivity index (χ4v) is 1.33. The van der Waals surface area contributed by atoms with Crippen LogP contribution < -0.4 is 0 Å². The van der Waals surface area contributed by atoms with Crippen molar-refractivity contribution >= 4 is 10.2 Å². The van der Waals surface area contributed by atoms with Crippen molar-refractivity contribution in [2.45, 2.75) is 25.0 Å². The molecule has 0 aromatic heterocycles. The molecular formula is C7H16O2Si. The van der Waals surface area contributed by atoms with Crippen LogP contribution in [-0.4, -0.2) is 36.2 Å². The van der Waals surface area contributed by atoms with E-state index in [1.807, 2.05) is 0 Å². The van der Waals surface area contributed by atoms with E-state index in [0.717, 1.165) is 19.8 Å². The molecule has 0 N–H and O–H groups in total. The predicted octanol–water partition coefficient (Wildman–Crippen LogP) is -0.0343. The number of ether oxygens (including phenoxy) is 2. The molecule has 2 nitrogen and oxygen atoms in total. The lowest BCUT2D eigenvalue weighted by Gasteiger charge is -1.99. The van der Waals surface area contributed by atoms with Crippen LogP contribution in [0, 0.1) is 0 Å². The smallest absolute Gasteiger partial charge is 0.104 e. The highest BCUT2D eigenvalue weighted by molar-refractivity contribution is 6.08. The second-order valence-corrected chi connectivity index (χ2v) is 3.74. The van der Waals surface area contributed by atoms with E-state index in [9.17, 15) is 0 Å². The zero-order valence-corrected chi connectivity index (χ0v) is 8.64. The van der Waals surface area contributed by atoms with Gasteiger partial charge in [-0.2, -0.15) is 0 Å². The maximum absolute atomic E-state index is 5.35. The third-order valence-electron chi connectivity index (χ3n) is 1.60. The van der Waals surface area contributed by atoms with Gasteiger partial charge in [-0.25, -0.2) is 0 Å². The van der Waals surface area contributed by atoms with Crippen molar-refractivity contribution in [3.63, 3.8) is 0 Å². The monoisotopic (exact) mass is 160 g/mol. The van der Waals surface area contributed by atoms with E-state index in [4.69, 9.17) is 9.47 Å². The summed E-state index contributed by atoms with van der Waals surface area (Å²) in [6, 6.07) is 1.41. The van der Waals surface area contributed by atoms with Crippen LogP contribution in [0.25, 0.3) is 0 Å². The van der Waals surface area contributed by atoms with Gasteiger partial charge in [0.15, 0.2) is 0 Å². The van der Waals surface area contributed by atoms with Crippen molar-refractivity contribution in [2.24, 2.45) is 0 Å². The summed E-state index contributed by atoms with van der Waals surface area (Å²) >= 11 is 0. The summed E-state index contributed by atoms with van der Waals surface area (Å²) in [4.78, 5) is 0. The zero-order chi connectivity index (χ0) is 7.23. The fraction of sp³-hybridized carbons (Fsp3) is 1.00. The molecule has 0 radical (unpaired) electrons. The van der Waals surface area contributed by atoms with Crippen LogP contribution in [0.3, 0.4) is 0 Å². The minimum atomic E-state index is 0.441. The van der Waals surface area contributed by atoms with Gasteiger partial charge in [0.2, 0.25) is 0 Å². The molecule has 0 amide bonds. The third-order valence-corrected chi connectivity index (χ3v) is 2.31. The Bertz CT molecular complexity index is 83.7. The summed E-state index contributed by atoms with van der Waals surface area (Å²) in [6.07, 6.45) is 3.02. The van der Waals surface area contributed by atoms with Gasteiger partial charge >= 0.3 is 0 Å². The quantitative estimate of drug-likeness (QED) is 0.309. The van der Waals surface area contributed by atoms with Crippen LogP contribution in [0.1, 0.15) is 12.8 Å². The second kappa shape index (κ2) is 4.88. The van der Waals surface area contributed by atoms with Gasteiger partial charge in [-0.15, -0.1) is 0 Å². The summed E-state index contributed by atoms with van der Waals surface area (Å²) in [5.74, 6) is 0. The molecule has 1 unspecified atom stereocenters. The van der Waals surface area contributed by atoms with Crippen molar-refractivity contribution in [1.82, 2.24) is 0 Å². The predicted molar refractivity (Wildman–Crippen MR) is 44.5 cm³/mol. The molecule has 0 aromatic carbocycles. The molecule has 0 saturated carbocycles. The highest BCUT2D eigenvalue weighted by Gasteiger charge is 2.21. The van der Waals surface area contributed by atoms with Crippen LogP contribution >= 0.6 is 0 Å². The maximum atomic E-state index is 5.35. The molecule has 1 saturated heterocycles. The van der Waals surface area contributed by atoms with Crippen molar-refractivity contribution < 1.29 is 9.47 Å². The molecule has 10 heavy (non-hydrogen) atoms. The molecule has 1 aliphatic heterocycles. The standard InChI is InChI=1S/C7H16O2Si/c10-4-2-1-3-8-5-7-6-9-7/h7H,1-6H2,10H3. The van der Waals surface area contributed by atoms with Gasteiger partial charge in [0, 0.05) is 16.8 Å². The Morgan fingerprint density at radius 3 is 2.90 bits per heavy atom. The van der Waals surface area contributed by atoms with Crippen LogP contribution in [-0.2, 0) is 9.47 Å². The normalized spacial score (nSPS) is 23.4. The Hall–Kier alpha value is 0.137. The Balaban J connectivity index is 1.68. The second-order valence-electron chi connectivity index (χ2n) is 2.74. The fourth-order valence-electron chi connectivity index (χ4n) is 0.833. The molecule has 1 rings (SSSR count). The largest absolute Gasteiger partial charge is 0.379 e. The highest BCUT2D eigenvalue weighted by Crippen LogP contribution is 2.08. The van der Waals surface area contributed by atoms with Gasteiger partial charge in [0.1, 0.15) is 6.10 Å². The van der Waals surface area contributed by atoms with Crippen molar-refractivity contribution in [1.29, 1.82) is 0 Å². The van der Waals surface area contributed by atoms with Crippen molar-refractivity contribution in [2.75, 3.05) is 19.8 Å². The minimum absolute atomic E-state index is 0.441. The van der Waals surface area contributed by atoms with E-state index < -0.39 is 0 Å². The summed E-state index contributed by atoms with van der Waals surface area (Å²) in [6.45, 7) is 2.67. The number of rotatable bonds is 6. The van der Waals surface area contributed by atoms with Gasteiger partial charge in [0.25, 0.3) is 0 Å². The van der Waals surface area contributed by atoms with E-state index in [1.165, 1.54) is 29.1 Å². The lowest BCUT2D eigenvalue weighted by molar-refractivity contribution is 0.114. The van der Waals surface area contributed by atoms with Gasteiger partial charge in [0.05, 0.1) is 13.2 Å². The number of unbranched alkanes of at least 4 members (excludes halogenated alkanes) is 1. The summed E-state index contributed by atoms with van der Waals surface area (Å²) in [5.41, 5.74) is 0. The summed E-state index contributed by atoms with van der Waals surface area (Å²) in [7, 11) is 1.34. The Morgan fingerprint density at radius 1 is 1.50 bits per heavy atom. The Labute approximate surface area is 65.3 Å². The van der Waals surface area contributed by atoms with Gasteiger partial charge in [-0.1, -0.05) is 12.5 Å². The topological polar surface area (TPSA) is 21.8 Å². The Morgan fingerprint density at radius 2 is 2.30 bits per heavy atom. The van der Waals surface area contributed by atoms with Gasteiger partial charge in [-0.05, 0) is 6.42 Å². The number of hydrogen-bond donors (Lipinski definition) is 0. The van der Waals surface area contributed by atoms with E-state index in [-0.39, 0.29) is 0 Å². The molecule has 60 valence electrons. The molecule has 0 bridgehead atoms. The first-order valence-corrected chi connectivity index (χ1v) is 5.54. The van der Waals surface area contributed by atoms with E-state index in [2.05, 4.69) is 0 Å². The first kappa shape index (κ1) is 8.24. The molecule has 3 heteroatoms. The lowest BCUT2D eigenvalue weighted by Crippen LogP contribution is -2.02. The van der Waals surface area contributed by atoms with E-state index in [1.54, 1.807) is 0 Å². The van der Waals surface area contributed by atoms with Crippen LogP contribution in [0.5, 0.6) is 0 Å². The van der Waals surface area contributed by atoms with E-state index >= 15 is 0 Å². The number of epoxide rings is 1. The van der Waals surface area contributed by atoms with Gasteiger partial charge < -0.3 is 9.47 Å². The highest BCUT2D eigenvalue weighted by atomic mass is 28.1. The minimum Gasteiger partial charge on any atom is -0.379 e. The first-order valence-electron chi connectivity index (χ1n) is 4.13. The van der Waals surface area contributed by atoms with Crippen LogP contribution in [0.2, 0.25) is 6.04 Å². The number of hydrogen-bond acceptors (Lipinski definition) is 2. The van der Waals surface area contributed by atoms with Crippen LogP contribution in [0.15, 0.2) is 0 Å². The third kappa shape index (κ3) is 4.03. The molecule has 1 atom stereocenters. The molecule has 0 aromatic rings. The van der Waals surface area contributed by atoms with Crippen LogP contribution in [0.4, 0.5) is 0 Å². The van der Waals surface area contributed by atoms with Crippen molar-refractivity contribution in [3.05, 3.63) is 0 Å². The zero-order valence-electron chi connectivity index (χ0n) is 6.64.